The van der Waals surface area contributed by atoms with Gasteiger partial charge in [0.15, 0.2) is 0 Å². The number of carbonyl (C=O) groups excluding carboxylic acids is 1. The van der Waals surface area contributed by atoms with Gasteiger partial charge in [-0.05, 0) is 31.4 Å². The third-order valence-corrected chi connectivity index (χ3v) is 4.90. The second-order valence-corrected chi connectivity index (χ2v) is 6.32. The van der Waals surface area contributed by atoms with Crippen molar-refractivity contribution >= 4 is 17.2 Å². The number of aliphatic hydroxyl groups excluding tert-OH is 2. The molecule has 2 N–H and O–H groups in total. The zero-order valence-electron chi connectivity index (χ0n) is 12.3. The Morgan fingerprint density at radius 2 is 2.24 bits per heavy atom. The van der Waals surface area contributed by atoms with E-state index in [1.165, 1.54) is 11.3 Å². The highest BCUT2D eigenvalue weighted by Crippen LogP contribution is 2.25. The largest absolute Gasteiger partial charge is 0.394 e. The lowest BCUT2D eigenvalue weighted by atomic mass is 10.1. The van der Waals surface area contributed by atoms with Gasteiger partial charge in [-0.3, -0.25) is 4.79 Å². The Balaban J connectivity index is 2.21. The molecule has 1 amide bonds. The van der Waals surface area contributed by atoms with Crippen LogP contribution >= 0.6 is 11.3 Å². The predicted molar refractivity (Wildman–Crippen MR) is 83.4 cm³/mol. The summed E-state index contributed by atoms with van der Waals surface area (Å²) >= 11 is 1.36. The van der Waals surface area contributed by atoms with E-state index in [0.29, 0.717) is 11.4 Å². The Labute approximate surface area is 129 Å². The number of rotatable bonds is 2. The molecule has 2 rings (SSSR count). The molecule has 1 unspecified atom stereocenters. The number of aliphatic hydroxyl groups is 2. The smallest absolute Gasteiger partial charge is 0.264 e. The standard InChI is InChI=1S/C16H21NO3S/c1-12-10-15(21-14(12)7-5-9-18)16(20)17-8-4-2-3-6-13(17)11-19/h10,13,18-19H,2-4,6,8-9,11H2,1H3. The van der Waals surface area contributed by atoms with Crippen molar-refractivity contribution in [2.75, 3.05) is 19.8 Å². The normalized spacial score (nSPS) is 18.8. The molecule has 0 saturated carbocycles. The van der Waals surface area contributed by atoms with E-state index >= 15 is 0 Å². The quantitative estimate of drug-likeness (QED) is 0.819. The first-order chi connectivity index (χ1) is 10.2. The molecular weight excluding hydrogens is 286 g/mol. The molecule has 0 aliphatic carbocycles. The number of nitrogens with zero attached hydrogens (tertiary/aromatic N) is 1. The molecule has 0 aromatic carbocycles. The van der Waals surface area contributed by atoms with Crippen molar-refractivity contribution in [2.24, 2.45) is 0 Å². The van der Waals surface area contributed by atoms with Gasteiger partial charge in [0.2, 0.25) is 0 Å². The molecule has 0 bridgehead atoms. The van der Waals surface area contributed by atoms with Crippen LogP contribution in [0.2, 0.25) is 0 Å². The van der Waals surface area contributed by atoms with Gasteiger partial charge in [-0.25, -0.2) is 0 Å². The lowest BCUT2D eigenvalue weighted by Crippen LogP contribution is -2.41. The average Bonchev–Trinajstić information content (AvgIpc) is 2.72. The van der Waals surface area contributed by atoms with Crippen LogP contribution in [0.3, 0.4) is 0 Å². The summed E-state index contributed by atoms with van der Waals surface area (Å²) in [6.07, 6.45) is 4.02. The second-order valence-electron chi connectivity index (χ2n) is 5.27. The first-order valence-corrected chi connectivity index (χ1v) is 8.11. The maximum atomic E-state index is 12.7. The van der Waals surface area contributed by atoms with Crippen molar-refractivity contribution in [1.82, 2.24) is 4.90 Å². The molecule has 4 nitrogen and oxygen atoms in total. The number of amides is 1. The maximum Gasteiger partial charge on any atom is 0.264 e. The van der Waals surface area contributed by atoms with Gasteiger partial charge in [0, 0.05) is 6.54 Å². The highest BCUT2D eigenvalue weighted by molar-refractivity contribution is 7.14. The summed E-state index contributed by atoms with van der Waals surface area (Å²) in [6, 6.07) is 1.78. The van der Waals surface area contributed by atoms with Crippen LogP contribution < -0.4 is 0 Å². The van der Waals surface area contributed by atoms with Crippen LogP contribution in [0.4, 0.5) is 0 Å². The molecule has 0 spiro atoms. The van der Waals surface area contributed by atoms with Crippen molar-refractivity contribution in [3.63, 3.8) is 0 Å². The van der Waals surface area contributed by atoms with Gasteiger partial charge in [0.25, 0.3) is 5.91 Å². The molecule has 5 heteroatoms. The van der Waals surface area contributed by atoms with Gasteiger partial charge in [0.1, 0.15) is 6.61 Å². The van der Waals surface area contributed by atoms with E-state index in [-0.39, 0.29) is 25.2 Å². The number of likely N-dealkylation sites (tertiary alicyclic amines) is 1. The summed E-state index contributed by atoms with van der Waals surface area (Å²) in [6.45, 7) is 2.46. The minimum Gasteiger partial charge on any atom is -0.394 e. The summed E-state index contributed by atoms with van der Waals surface area (Å²) in [5, 5.41) is 18.3. The summed E-state index contributed by atoms with van der Waals surface area (Å²) in [4.78, 5) is 16.0. The van der Waals surface area contributed by atoms with Crippen molar-refractivity contribution < 1.29 is 15.0 Å². The highest BCUT2D eigenvalue weighted by atomic mass is 32.1. The zero-order valence-corrected chi connectivity index (χ0v) is 13.1. The Morgan fingerprint density at radius 3 is 2.95 bits per heavy atom. The molecule has 21 heavy (non-hydrogen) atoms. The van der Waals surface area contributed by atoms with E-state index in [4.69, 9.17) is 5.11 Å². The summed E-state index contributed by atoms with van der Waals surface area (Å²) in [5.74, 6) is 5.48. The van der Waals surface area contributed by atoms with Crippen LogP contribution in [0.1, 0.15) is 45.8 Å². The topological polar surface area (TPSA) is 60.8 Å². The molecule has 2 heterocycles. The molecule has 114 valence electrons. The van der Waals surface area contributed by atoms with Crippen molar-refractivity contribution in [2.45, 2.75) is 38.6 Å². The third-order valence-electron chi connectivity index (χ3n) is 3.76. The van der Waals surface area contributed by atoms with Crippen LogP contribution in [0.15, 0.2) is 6.07 Å². The van der Waals surface area contributed by atoms with Gasteiger partial charge in [-0.1, -0.05) is 24.7 Å². The SMILES string of the molecule is Cc1cc(C(=O)N2CCCCCC2CO)sc1C#CCO. The molecule has 1 aromatic heterocycles. The number of hydrogen-bond donors (Lipinski definition) is 2. The minimum absolute atomic E-state index is 0.0129. The van der Waals surface area contributed by atoms with Crippen LogP contribution in [-0.4, -0.2) is 46.8 Å². The molecule has 1 aliphatic heterocycles. The van der Waals surface area contributed by atoms with E-state index in [2.05, 4.69) is 11.8 Å². The Kier molecular flexibility index (Phi) is 5.80. The van der Waals surface area contributed by atoms with Crippen LogP contribution in [-0.2, 0) is 0 Å². The van der Waals surface area contributed by atoms with Gasteiger partial charge in [0.05, 0.1) is 22.4 Å². The Morgan fingerprint density at radius 1 is 1.43 bits per heavy atom. The molecule has 1 atom stereocenters. The van der Waals surface area contributed by atoms with E-state index in [0.717, 1.165) is 36.1 Å². The van der Waals surface area contributed by atoms with E-state index in [9.17, 15) is 9.90 Å². The number of hydrogen-bond acceptors (Lipinski definition) is 4. The molecule has 1 aromatic rings. The first kappa shape index (κ1) is 16.0. The number of aryl methyl sites for hydroxylation is 1. The molecule has 0 radical (unpaired) electrons. The van der Waals surface area contributed by atoms with E-state index < -0.39 is 0 Å². The maximum absolute atomic E-state index is 12.7. The Hall–Kier alpha value is -1.35. The summed E-state index contributed by atoms with van der Waals surface area (Å²) in [5.41, 5.74) is 0.958. The average molecular weight is 307 g/mol. The van der Waals surface area contributed by atoms with Gasteiger partial charge >= 0.3 is 0 Å². The lowest BCUT2D eigenvalue weighted by Gasteiger charge is -2.28. The molecule has 1 saturated heterocycles. The van der Waals surface area contributed by atoms with Crippen molar-refractivity contribution in [3.05, 3.63) is 21.4 Å². The van der Waals surface area contributed by atoms with Crippen LogP contribution in [0.25, 0.3) is 0 Å². The fraction of sp³-hybridized carbons (Fsp3) is 0.562. The predicted octanol–water partition coefficient (Wildman–Crippen LogP) is 1.78. The third kappa shape index (κ3) is 3.85. The second kappa shape index (κ2) is 7.60. The highest BCUT2D eigenvalue weighted by Gasteiger charge is 2.27. The monoisotopic (exact) mass is 307 g/mol. The van der Waals surface area contributed by atoms with Crippen molar-refractivity contribution in [3.8, 4) is 11.8 Å². The number of carbonyl (C=O) groups is 1. The van der Waals surface area contributed by atoms with E-state index in [1.54, 1.807) is 0 Å². The summed E-state index contributed by atoms with van der Waals surface area (Å²) < 4.78 is 0. The minimum atomic E-state index is -0.181. The number of thiophene rings is 1. The first-order valence-electron chi connectivity index (χ1n) is 7.29. The van der Waals surface area contributed by atoms with Gasteiger partial charge in [-0.2, -0.15) is 0 Å². The van der Waals surface area contributed by atoms with Crippen LogP contribution in [0.5, 0.6) is 0 Å². The zero-order chi connectivity index (χ0) is 15.2. The molecular formula is C16H21NO3S. The summed E-state index contributed by atoms with van der Waals surface area (Å²) in [7, 11) is 0. The fourth-order valence-corrected chi connectivity index (χ4v) is 3.61. The van der Waals surface area contributed by atoms with Crippen molar-refractivity contribution in [1.29, 1.82) is 0 Å². The van der Waals surface area contributed by atoms with Gasteiger partial charge in [-0.15, -0.1) is 11.3 Å². The fourth-order valence-electron chi connectivity index (χ4n) is 2.61. The lowest BCUT2D eigenvalue weighted by molar-refractivity contribution is 0.0604. The molecule has 1 aliphatic rings. The van der Waals surface area contributed by atoms with Gasteiger partial charge < -0.3 is 15.1 Å². The molecule has 1 fully saturated rings. The van der Waals surface area contributed by atoms with Crippen LogP contribution in [0, 0.1) is 18.8 Å². The Bertz CT molecular complexity index is 556. The van der Waals surface area contributed by atoms with E-state index in [1.807, 2.05) is 17.9 Å².